The van der Waals surface area contributed by atoms with E-state index in [0.717, 1.165) is 24.3 Å². The van der Waals surface area contributed by atoms with Crippen LogP contribution in [0, 0.1) is 17.8 Å². The minimum Gasteiger partial charge on any atom is -0.465 e. The highest BCUT2D eigenvalue weighted by atomic mass is 35.5. The molecule has 1 aromatic rings. The fourth-order valence-electron chi connectivity index (χ4n) is 3.52. The van der Waals surface area contributed by atoms with Gasteiger partial charge >= 0.3 is 5.97 Å². The molecule has 0 radical (unpaired) electrons. The molecule has 1 unspecified atom stereocenters. The summed E-state index contributed by atoms with van der Waals surface area (Å²) >= 11 is 8.17. The fraction of sp³-hybridized carbons (Fsp3) is 0.682. The molecule has 0 spiro atoms. The van der Waals surface area contributed by atoms with Crippen LogP contribution in [0.2, 0.25) is 18.1 Å². The molecule has 1 aliphatic rings. The predicted molar refractivity (Wildman–Crippen MR) is 123 cm³/mol. The van der Waals surface area contributed by atoms with E-state index in [2.05, 4.69) is 52.9 Å². The summed E-state index contributed by atoms with van der Waals surface area (Å²) < 4.78 is 11.3. The molecule has 1 aliphatic carbocycles. The van der Waals surface area contributed by atoms with E-state index in [4.69, 9.17) is 20.8 Å². The van der Waals surface area contributed by atoms with Crippen LogP contribution in [0.5, 0.6) is 0 Å². The van der Waals surface area contributed by atoms with Gasteiger partial charge in [-0.15, -0.1) is 22.9 Å². The zero-order chi connectivity index (χ0) is 21.1. The predicted octanol–water partition coefficient (Wildman–Crippen LogP) is 6.84. The van der Waals surface area contributed by atoms with Gasteiger partial charge in [0.1, 0.15) is 4.88 Å². The molecular weight excluding hydrogens is 408 g/mol. The van der Waals surface area contributed by atoms with Crippen LogP contribution in [-0.2, 0) is 9.16 Å². The highest BCUT2D eigenvalue weighted by Gasteiger charge is 2.43. The summed E-state index contributed by atoms with van der Waals surface area (Å²) in [4.78, 5) is 13.3. The number of halogens is 1. The molecule has 0 saturated heterocycles. The molecule has 1 aromatic heterocycles. The number of rotatable bonds is 7. The number of hydrogen-bond acceptors (Lipinski definition) is 4. The summed E-state index contributed by atoms with van der Waals surface area (Å²) in [5, 5.41) is 0.419. The summed E-state index contributed by atoms with van der Waals surface area (Å²) in [6, 6.07) is 3.77. The maximum absolute atomic E-state index is 11.6. The topological polar surface area (TPSA) is 35.5 Å². The van der Waals surface area contributed by atoms with Gasteiger partial charge in [0.15, 0.2) is 8.32 Å². The van der Waals surface area contributed by atoms with Crippen molar-refractivity contribution in [2.75, 3.05) is 13.7 Å². The molecule has 3 nitrogen and oxygen atoms in total. The first-order valence-corrected chi connectivity index (χ1v) is 14.2. The van der Waals surface area contributed by atoms with Crippen molar-refractivity contribution in [2.45, 2.75) is 64.0 Å². The van der Waals surface area contributed by atoms with Gasteiger partial charge in [0.2, 0.25) is 0 Å². The maximum atomic E-state index is 11.6. The van der Waals surface area contributed by atoms with Gasteiger partial charge < -0.3 is 9.16 Å². The normalized spacial score (nSPS) is 26.1. The molecule has 1 heterocycles. The Bertz CT molecular complexity index is 692. The first-order valence-electron chi connectivity index (χ1n) is 10.1. The fourth-order valence-corrected chi connectivity index (χ4v) is 5.99. The van der Waals surface area contributed by atoms with Crippen molar-refractivity contribution in [1.29, 1.82) is 0 Å². The van der Waals surface area contributed by atoms with Crippen LogP contribution in [0.1, 0.15) is 55.1 Å². The number of allylic oxidation sites excluding steroid dienone is 1. The zero-order valence-electron chi connectivity index (χ0n) is 18.3. The van der Waals surface area contributed by atoms with Crippen molar-refractivity contribution in [3.05, 3.63) is 28.0 Å². The number of alkyl halides is 1. The molecule has 28 heavy (non-hydrogen) atoms. The Balaban J connectivity index is 2.00. The van der Waals surface area contributed by atoms with Gasteiger partial charge in [-0.2, -0.15) is 0 Å². The van der Waals surface area contributed by atoms with Crippen LogP contribution in [0.25, 0.3) is 6.08 Å². The monoisotopic (exact) mass is 442 g/mol. The van der Waals surface area contributed by atoms with Crippen molar-refractivity contribution < 1.29 is 14.0 Å². The van der Waals surface area contributed by atoms with E-state index >= 15 is 0 Å². The van der Waals surface area contributed by atoms with E-state index in [1.807, 2.05) is 12.1 Å². The standard InChI is InChI=1S/C22H35ClO3SSi/c1-15-13-19(23)17(18(15)14-26-28(6,7)22(2,3)4)10-8-9-16-11-12-20(27-16)21(24)25-5/h8-9,11-12,15,17-19H,10,13-14H2,1-7H3/t15-,17?,18+,19-/m1/s1. The lowest BCUT2D eigenvalue weighted by atomic mass is 9.89. The zero-order valence-corrected chi connectivity index (χ0v) is 20.8. The van der Waals surface area contributed by atoms with Gasteiger partial charge in [0.25, 0.3) is 0 Å². The van der Waals surface area contributed by atoms with Crippen LogP contribution in [0.15, 0.2) is 18.2 Å². The van der Waals surface area contributed by atoms with Gasteiger partial charge in [-0.05, 0) is 66.9 Å². The van der Waals surface area contributed by atoms with Gasteiger partial charge in [0.05, 0.1) is 7.11 Å². The van der Waals surface area contributed by atoms with E-state index in [1.165, 1.54) is 18.4 Å². The quantitative estimate of drug-likeness (QED) is 0.263. The van der Waals surface area contributed by atoms with Crippen molar-refractivity contribution in [2.24, 2.45) is 17.8 Å². The number of methoxy groups -OCH3 is 1. The number of hydrogen-bond donors (Lipinski definition) is 0. The second-order valence-corrected chi connectivity index (χ2v) is 15.9. The molecule has 1 fully saturated rings. The third kappa shape index (κ3) is 5.71. The molecule has 4 atom stereocenters. The van der Waals surface area contributed by atoms with E-state index in [0.29, 0.717) is 22.6 Å². The summed E-state index contributed by atoms with van der Waals surface area (Å²) in [6.07, 6.45) is 6.28. The second-order valence-electron chi connectivity index (χ2n) is 9.46. The highest BCUT2D eigenvalue weighted by molar-refractivity contribution is 7.14. The molecule has 2 rings (SSSR count). The largest absolute Gasteiger partial charge is 0.465 e. The van der Waals surface area contributed by atoms with Gasteiger partial charge in [0, 0.05) is 16.9 Å². The van der Waals surface area contributed by atoms with Crippen LogP contribution in [0.4, 0.5) is 0 Å². The van der Waals surface area contributed by atoms with Crippen LogP contribution >= 0.6 is 22.9 Å². The van der Waals surface area contributed by atoms with E-state index in [-0.39, 0.29) is 16.4 Å². The minimum absolute atomic E-state index is 0.196. The van der Waals surface area contributed by atoms with Crippen LogP contribution in [-0.4, -0.2) is 33.4 Å². The van der Waals surface area contributed by atoms with E-state index in [9.17, 15) is 4.79 Å². The number of carbonyl (C=O) groups is 1. The van der Waals surface area contributed by atoms with Crippen molar-refractivity contribution >= 4 is 43.3 Å². The Hall–Kier alpha value is -0.623. The van der Waals surface area contributed by atoms with Crippen LogP contribution in [0.3, 0.4) is 0 Å². The molecule has 1 saturated carbocycles. The summed E-state index contributed by atoms with van der Waals surface area (Å²) in [5.74, 6) is 1.23. The summed E-state index contributed by atoms with van der Waals surface area (Å²) in [7, 11) is -0.344. The third-order valence-corrected chi connectivity index (χ3v) is 12.5. The van der Waals surface area contributed by atoms with E-state index < -0.39 is 8.32 Å². The Kier molecular flexibility index (Phi) is 7.99. The lowest BCUT2D eigenvalue weighted by Crippen LogP contribution is -2.42. The number of esters is 1. The average molecular weight is 443 g/mol. The third-order valence-electron chi connectivity index (χ3n) is 6.49. The molecule has 0 amide bonds. The van der Waals surface area contributed by atoms with Gasteiger partial charge in [-0.25, -0.2) is 4.79 Å². The van der Waals surface area contributed by atoms with Crippen molar-refractivity contribution in [3.63, 3.8) is 0 Å². The SMILES string of the molecule is COC(=O)c1ccc(C=CCC2[C@H](Cl)C[C@@H](C)[C@@H]2CO[Si](C)(C)C(C)(C)C)s1. The first kappa shape index (κ1) is 23.7. The second kappa shape index (κ2) is 9.46. The molecule has 6 heteroatoms. The molecule has 0 aliphatic heterocycles. The number of carbonyl (C=O) groups excluding carboxylic acids is 1. The Morgan fingerprint density at radius 1 is 1.32 bits per heavy atom. The smallest absolute Gasteiger partial charge is 0.348 e. The minimum atomic E-state index is -1.75. The molecule has 0 aromatic carbocycles. The lowest BCUT2D eigenvalue weighted by molar-refractivity contribution is 0.0606. The van der Waals surface area contributed by atoms with Crippen LogP contribution < -0.4 is 0 Å². The highest BCUT2D eigenvalue weighted by Crippen LogP contribution is 2.44. The first-order chi connectivity index (χ1) is 13.0. The number of thiophene rings is 1. The molecule has 0 bridgehead atoms. The number of ether oxygens (including phenoxy) is 1. The Morgan fingerprint density at radius 3 is 2.61 bits per heavy atom. The lowest BCUT2D eigenvalue weighted by Gasteiger charge is -2.38. The maximum Gasteiger partial charge on any atom is 0.348 e. The Labute approximate surface area is 180 Å². The molecule has 0 N–H and O–H groups in total. The average Bonchev–Trinajstić information content (AvgIpc) is 3.16. The summed E-state index contributed by atoms with van der Waals surface area (Å²) in [6.45, 7) is 14.6. The van der Waals surface area contributed by atoms with Gasteiger partial charge in [-0.3, -0.25) is 0 Å². The summed E-state index contributed by atoms with van der Waals surface area (Å²) in [5.41, 5.74) is 0. The van der Waals surface area contributed by atoms with Crippen molar-refractivity contribution in [1.82, 2.24) is 0 Å². The van der Waals surface area contributed by atoms with Crippen molar-refractivity contribution in [3.8, 4) is 0 Å². The molecule has 158 valence electrons. The Morgan fingerprint density at radius 2 is 2.00 bits per heavy atom. The molecular formula is C22H35ClO3SSi. The van der Waals surface area contributed by atoms with E-state index in [1.54, 1.807) is 0 Å². The van der Waals surface area contributed by atoms with Gasteiger partial charge in [-0.1, -0.05) is 33.8 Å².